The van der Waals surface area contributed by atoms with Crippen LogP contribution in [-0.2, 0) is 14.3 Å². The molecule has 0 spiro atoms. The minimum absolute atomic E-state index is 0.0549. The van der Waals surface area contributed by atoms with Gasteiger partial charge in [-0.05, 0) is 53.9 Å². The Balaban J connectivity index is 1.38. The summed E-state index contributed by atoms with van der Waals surface area (Å²) in [5.41, 5.74) is 4.56. The molecule has 7 nitrogen and oxygen atoms in total. The summed E-state index contributed by atoms with van der Waals surface area (Å²) in [6, 6.07) is 15.3. The molecular weight excluding hydrogens is 444 g/mol. The van der Waals surface area contributed by atoms with E-state index in [0.717, 1.165) is 35.1 Å². The lowest BCUT2D eigenvalue weighted by Gasteiger charge is -2.29. The van der Waals surface area contributed by atoms with E-state index in [-0.39, 0.29) is 30.4 Å². The van der Waals surface area contributed by atoms with Gasteiger partial charge in [0.1, 0.15) is 12.6 Å². The van der Waals surface area contributed by atoms with Gasteiger partial charge in [0.15, 0.2) is 0 Å². The predicted octanol–water partition coefficient (Wildman–Crippen LogP) is 4.70. The highest BCUT2D eigenvalue weighted by Gasteiger charge is 2.32. The number of carboxylic acid groups (broad SMARTS) is 1. The highest BCUT2D eigenvalue weighted by molar-refractivity contribution is 5.86. The average molecular weight is 479 g/mol. The number of amides is 2. The largest absolute Gasteiger partial charge is 0.481 e. The number of nitrogens with one attached hydrogen (secondary N) is 2. The fourth-order valence-electron chi connectivity index (χ4n) is 5.33. The molecule has 0 radical (unpaired) electrons. The van der Waals surface area contributed by atoms with Crippen LogP contribution >= 0.6 is 0 Å². The number of hydrogen-bond donors (Lipinski definition) is 3. The van der Waals surface area contributed by atoms with Crippen molar-refractivity contribution in [2.75, 3.05) is 6.61 Å². The Hall–Kier alpha value is -3.35. The summed E-state index contributed by atoms with van der Waals surface area (Å²) in [7, 11) is 0. The molecule has 2 aliphatic carbocycles. The molecule has 3 N–H and O–H groups in total. The molecule has 2 aromatic rings. The molecule has 0 saturated heterocycles. The summed E-state index contributed by atoms with van der Waals surface area (Å²) < 4.78 is 5.63. The third-order valence-electron chi connectivity index (χ3n) is 7.03. The summed E-state index contributed by atoms with van der Waals surface area (Å²) in [5.74, 6) is -1.42. The van der Waals surface area contributed by atoms with E-state index in [1.165, 1.54) is 0 Å². The molecule has 0 aliphatic heterocycles. The normalized spacial score (nSPS) is 20.0. The quantitative estimate of drug-likeness (QED) is 0.510. The Bertz CT molecular complexity index is 1040. The van der Waals surface area contributed by atoms with Crippen LogP contribution in [0.5, 0.6) is 0 Å². The molecular formula is C28H34N2O5. The van der Waals surface area contributed by atoms with Gasteiger partial charge in [0, 0.05) is 12.0 Å². The summed E-state index contributed by atoms with van der Waals surface area (Å²) in [6.07, 6.45) is 2.39. The van der Waals surface area contributed by atoms with Gasteiger partial charge >= 0.3 is 12.1 Å². The molecule has 2 aromatic carbocycles. The van der Waals surface area contributed by atoms with Crippen molar-refractivity contribution >= 4 is 18.0 Å². The van der Waals surface area contributed by atoms with Crippen molar-refractivity contribution in [2.24, 2.45) is 11.8 Å². The summed E-state index contributed by atoms with van der Waals surface area (Å²) in [6.45, 7) is 4.15. The fraction of sp³-hybridized carbons (Fsp3) is 0.464. The van der Waals surface area contributed by atoms with Crippen molar-refractivity contribution in [1.82, 2.24) is 10.6 Å². The number of rotatable bonds is 8. The second kappa shape index (κ2) is 10.9. The molecule has 1 fully saturated rings. The molecule has 35 heavy (non-hydrogen) atoms. The van der Waals surface area contributed by atoms with Crippen molar-refractivity contribution in [3.8, 4) is 11.1 Å². The van der Waals surface area contributed by atoms with E-state index in [0.29, 0.717) is 19.3 Å². The van der Waals surface area contributed by atoms with Gasteiger partial charge in [0.05, 0.1) is 5.92 Å². The van der Waals surface area contributed by atoms with Crippen LogP contribution in [-0.4, -0.2) is 41.8 Å². The number of carbonyl (C=O) groups excluding carboxylic acids is 2. The number of carboxylic acids is 1. The minimum Gasteiger partial charge on any atom is -0.481 e. The molecule has 7 heteroatoms. The SMILES string of the molecule is CC(C)CC(NC(=O)OCC1c2ccccc2-c2ccccc21)C(=O)N[C@@H]1CCC[C@@H](C(=O)O)C1. The maximum Gasteiger partial charge on any atom is 0.407 e. The first-order chi connectivity index (χ1) is 16.8. The van der Waals surface area contributed by atoms with Gasteiger partial charge in [-0.1, -0.05) is 68.8 Å². The molecule has 0 aromatic heterocycles. The minimum atomic E-state index is -0.820. The summed E-state index contributed by atoms with van der Waals surface area (Å²) >= 11 is 0. The van der Waals surface area contributed by atoms with E-state index < -0.39 is 24.0 Å². The van der Waals surface area contributed by atoms with E-state index in [2.05, 4.69) is 34.9 Å². The number of hydrogen-bond acceptors (Lipinski definition) is 4. The number of aliphatic carboxylic acids is 1. The van der Waals surface area contributed by atoms with Gasteiger partial charge in [0.25, 0.3) is 0 Å². The van der Waals surface area contributed by atoms with Crippen molar-refractivity contribution in [1.29, 1.82) is 0 Å². The van der Waals surface area contributed by atoms with Gasteiger partial charge in [-0.25, -0.2) is 4.79 Å². The highest BCUT2D eigenvalue weighted by Crippen LogP contribution is 2.44. The van der Waals surface area contributed by atoms with Gasteiger partial charge in [-0.15, -0.1) is 0 Å². The lowest BCUT2D eigenvalue weighted by atomic mass is 9.85. The monoisotopic (exact) mass is 478 g/mol. The van der Waals surface area contributed by atoms with Gasteiger partial charge in [-0.3, -0.25) is 9.59 Å². The molecule has 186 valence electrons. The summed E-state index contributed by atoms with van der Waals surface area (Å²) in [5, 5.41) is 15.0. The summed E-state index contributed by atoms with van der Waals surface area (Å²) in [4.78, 5) is 37.1. The topological polar surface area (TPSA) is 105 Å². The number of fused-ring (bicyclic) bond motifs is 3. The van der Waals surface area contributed by atoms with E-state index in [1.54, 1.807) is 0 Å². The van der Waals surface area contributed by atoms with Crippen LogP contribution < -0.4 is 10.6 Å². The third-order valence-corrected chi connectivity index (χ3v) is 7.03. The standard InChI is InChI=1S/C28H34N2O5/c1-17(2)14-25(26(31)29-19-9-7-8-18(15-19)27(32)33)30-28(34)35-16-24-22-12-5-3-10-20(22)21-11-4-6-13-23(21)24/h3-6,10-13,17-19,24-25H,7-9,14-16H2,1-2H3,(H,29,31)(H,30,34)(H,32,33)/t18-,19-,25?/m1/s1. The second-order valence-electron chi connectivity index (χ2n) is 10.1. The van der Waals surface area contributed by atoms with E-state index in [4.69, 9.17) is 4.74 Å². The number of benzene rings is 2. The first-order valence-electron chi connectivity index (χ1n) is 12.5. The van der Waals surface area contributed by atoms with Crippen LogP contribution in [0.4, 0.5) is 4.79 Å². The molecule has 0 bridgehead atoms. The Morgan fingerprint density at radius 1 is 1.00 bits per heavy atom. The average Bonchev–Trinajstić information content (AvgIpc) is 3.16. The number of ether oxygens (including phenoxy) is 1. The van der Waals surface area contributed by atoms with E-state index >= 15 is 0 Å². The number of carbonyl (C=O) groups is 3. The van der Waals surface area contributed by atoms with Crippen molar-refractivity contribution in [3.05, 3.63) is 59.7 Å². The first-order valence-corrected chi connectivity index (χ1v) is 12.5. The maximum atomic E-state index is 13.0. The van der Waals surface area contributed by atoms with E-state index in [1.807, 2.05) is 38.1 Å². The van der Waals surface area contributed by atoms with Crippen molar-refractivity contribution < 1.29 is 24.2 Å². The Kier molecular flexibility index (Phi) is 7.73. The van der Waals surface area contributed by atoms with Crippen LogP contribution in [0.25, 0.3) is 11.1 Å². The lowest BCUT2D eigenvalue weighted by Crippen LogP contribution is -2.51. The third kappa shape index (κ3) is 5.84. The zero-order valence-corrected chi connectivity index (χ0v) is 20.3. The Labute approximate surface area is 206 Å². The molecule has 3 atom stereocenters. The van der Waals surface area contributed by atoms with Gasteiger partial charge in [-0.2, -0.15) is 0 Å². The first kappa shape index (κ1) is 24.8. The van der Waals surface area contributed by atoms with Crippen LogP contribution in [0.1, 0.15) is 63.0 Å². The van der Waals surface area contributed by atoms with Crippen LogP contribution in [0.3, 0.4) is 0 Å². The van der Waals surface area contributed by atoms with E-state index in [9.17, 15) is 19.5 Å². The lowest BCUT2D eigenvalue weighted by molar-refractivity contribution is -0.143. The van der Waals surface area contributed by atoms with Crippen molar-refractivity contribution in [2.45, 2.75) is 64.0 Å². The molecule has 2 aliphatic rings. The molecule has 2 amide bonds. The second-order valence-corrected chi connectivity index (χ2v) is 10.1. The Morgan fingerprint density at radius 3 is 2.23 bits per heavy atom. The molecule has 0 heterocycles. The zero-order chi connectivity index (χ0) is 24.9. The fourth-order valence-corrected chi connectivity index (χ4v) is 5.33. The van der Waals surface area contributed by atoms with Crippen molar-refractivity contribution in [3.63, 3.8) is 0 Å². The van der Waals surface area contributed by atoms with Crippen LogP contribution in [0.15, 0.2) is 48.5 Å². The zero-order valence-electron chi connectivity index (χ0n) is 20.3. The van der Waals surface area contributed by atoms with Crippen LogP contribution in [0.2, 0.25) is 0 Å². The highest BCUT2D eigenvalue weighted by atomic mass is 16.5. The van der Waals surface area contributed by atoms with Crippen LogP contribution in [0, 0.1) is 11.8 Å². The molecule has 1 saturated carbocycles. The Morgan fingerprint density at radius 2 is 1.63 bits per heavy atom. The molecule has 1 unspecified atom stereocenters. The predicted molar refractivity (Wildman–Crippen MR) is 133 cm³/mol. The van der Waals surface area contributed by atoms with Gasteiger partial charge in [0.2, 0.25) is 5.91 Å². The maximum absolute atomic E-state index is 13.0. The number of alkyl carbamates (subject to hydrolysis) is 1. The smallest absolute Gasteiger partial charge is 0.407 e. The van der Waals surface area contributed by atoms with Gasteiger partial charge < -0.3 is 20.5 Å². The molecule has 4 rings (SSSR count).